The van der Waals surface area contributed by atoms with Crippen LogP contribution in [-0.4, -0.2) is 24.6 Å². The van der Waals surface area contributed by atoms with Gasteiger partial charge in [0, 0.05) is 0 Å². The summed E-state index contributed by atoms with van der Waals surface area (Å²) in [5.74, 6) is 1.20. The maximum absolute atomic E-state index is 8.82. The van der Waals surface area contributed by atoms with Crippen molar-refractivity contribution in [2.24, 2.45) is 0 Å². The molecule has 0 bridgehead atoms. The lowest BCUT2D eigenvalue weighted by atomic mass is 9.97. The zero-order valence-electron chi connectivity index (χ0n) is 8.18. The molecule has 1 atom stereocenters. The van der Waals surface area contributed by atoms with Gasteiger partial charge in [0.25, 0.3) is 0 Å². The zero-order chi connectivity index (χ0) is 9.45. The molecule has 1 N–H and O–H groups in total. The summed E-state index contributed by atoms with van der Waals surface area (Å²) in [5.41, 5.74) is -0.321. The SMILES string of the molecule is CNC(C)(C#N)CCCCSC. The van der Waals surface area contributed by atoms with E-state index >= 15 is 0 Å². The monoisotopic (exact) mass is 186 g/mol. The highest BCUT2D eigenvalue weighted by molar-refractivity contribution is 7.98. The fourth-order valence-corrected chi connectivity index (χ4v) is 1.45. The van der Waals surface area contributed by atoms with E-state index in [1.165, 1.54) is 12.2 Å². The Balaban J connectivity index is 3.54. The third-order valence-electron chi connectivity index (χ3n) is 2.07. The molecule has 0 aromatic carbocycles. The first-order valence-electron chi connectivity index (χ1n) is 4.27. The van der Waals surface area contributed by atoms with Crippen LogP contribution >= 0.6 is 11.8 Å². The van der Waals surface area contributed by atoms with Gasteiger partial charge in [0.1, 0.15) is 5.54 Å². The van der Waals surface area contributed by atoms with Gasteiger partial charge in [-0.15, -0.1) is 0 Å². The number of thioether (sulfide) groups is 1. The number of hydrogen-bond donors (Lipinski definition) is 1. The largest absolute Gasteiger partial charge is 0.303 e. The van der Waals surface area contributed by atoms with Crippen molar-refractivity contribution in [2.45, 2.75) is 31.7 Å². The average molecular weight is 186 g/mol. The standard InChI is InChI=1S/C9H18N2S/c1-9(8-10,11-2)6-4-5-7-12-3/h11H,4-7H2,1-3H3. The number of nitrogens with zero attached hydrogens (tertiary/aromatic N) is 1. The summed E-state index contributed by atoms with van der Waals surface area (Å²) in [6.45, 7) is 1.95. The lowest BCUT2D eigenvalue weighted by Gasteiger charge is -2.19. The van der Waals surface area contributed by atoms with E-state index in [0.29, 0.717) is 0 Å². The molecule has 0 aliphatic carbocycles. The molecule has 0 aliphatic heterocycles. The molecule has 0 spiro atoms. The van der Waals surface area contributed by atoms with E-state index in [1.807, 2.05) is 25.7 Å². The minimum Gasteiger partial charge on any atom is -0.303 e. The summed E-state index contributed by atoms with van der Waals surface area (Å²) >= 11 is 1.86. The Bertz CT molecular complexity index is 153. The van der Waals surface area contributed by atoms with E-state index in [4.69, 9.17) is 5.26 Å². The summed E-state index contributed by atoms with van der Waals surface area (Å²) in [4.78, 5) is 0. The summed E-state index contributed by atoms with van der Waals surface area (Å²) in [7, 11) is 1.85. The second-order valence-corrected chi connectivity index (χ2v) is 4.13. The fraction of sp³-hybridized carbons (Fsp3) is 0.889. The average Bonchev–Trinajstić information content (AvgIpc) is 2.12. The van der Waals surface area contributed by atoms with E-state index in [0.717, 1.165) is 12.8 Å². The molecule has 3 heteroatoms. The van der Waals surface area contributed by atoms with Crippen molar-refractivity contribution < 1.29 is 0 Å². The number of nitriles is 1. The molecule has 0 rings (SSSR count). The molecule has 0 amide bonds. The van der Waals surface area contributed by atoms with Gasteiger partial charge in [-0.1, -0.05) is 0 Å². The highest BCUT2D eigenvalue weighted by atomic mass is 32.2. The van der Waals surface area contributed by atoms with Crippen LogP contribution in [0.5, 0.6) is 0 Å². The lowest BCUT2D eigenvalue weighted by molar-refractivity contribution is 0.439. The molecular weight excluding hydrogens is 168 g/mol. The van der Waals surface area contributed by atoms with Gasteiger partial charge in [-0.25, -0.2) is 0 Å². The van der Waals surface area contributed by atoms with Gasteiger partial charge in [-0.05, 0) is 45.2 Å². The van der Waals surface area contributed by atoms with Gasteiger partial charge in [0.15, 0.2) is 0 Å². The van der Waals surface area contributed by atoms with Crippen LogP contribution < -0.4 is 5.32 Å². The molecule has 0 heterocycles. The zero-order valence-corrected chi connectivity index (χ0v) is 9.00. The van der Waals surface area contributed by atoms with Crippen molar-refractivity contribution >= 4 is 11.8 Å². The third-order valence-corrected chi connectivity index (χ3v) is 2.77. The van der Waals surface area contributed by atoms with Gasteiger partial charge in [0.2, 0.25) is 0 Å². The number of hydrogen-bond acceptors (Lipinski definition) is 3. The molecule has 0 saturated carbocycles. The van der Waals surface area contributed by atoms with Gasteiger partial charge >= 0.3 is 0 Å². The minimum absolute atomic E-state index is 0.321. The van der Waals surface area contributed by atoms with E-state index in [-0.39, 0.29) is 5.54 Å². The van der Waals surface area contributed by atoms with E-state index < -0.39 is 0 Å². The molecule has 0 aromatic heterocycles. The maximum atomic E-state index is 8.82. The highest BCUT2D eigenvalue weighted by Gasteiger charge is 2.19. The summed E-state index contributed by atoms with van der Waals surface area (Å²) in [6.07, 6.45) is 5.40. The second kappa shape index (κ2) is 6.33. The second-order valence-electron chi connectivity index (χ2n) is 3.14. The van der Waals surface area contributed by atoms with Crippen LogP contribution in [0.2, 0.25) is 0 Å². The van der Waals surface area contributed by atoms with Gasteiger partial charge in [-0.3, -0.25) is 0 Å². The predicted molar refractivity (Wildman–Crippen MR) is 55.3 cm³/mol. The van der Waals surface area contributed by atoms with Gasteiger partial charge in [-0.2, -0.15) is 17.0 Å². The smallest absolute Gasteiger partial charge is 0.103 e. The first-order chi connectivity index (χ1) is 5.68. The van der Waals surface area contributed by atoms with Crippen LogP contribution in [-0.2, 0) is 0 Å². The Morgan fingerprint density at radius 3 is 2.58 bits per heavy atom. The molecule has 0 aliphatic rings. The lowest BCUT2D eigenvalue weighted by Crippen LogP contribution is -2.37. The van der Waals surface area contributed by atoms with Crippen molar-refractivity contribution in [3.8, 4) is 6.07 Å². The first-order valence-corrected chi connectivity index (χ1v) is 5.67. The molecule has 70 valence electrons. The quantitative estimate of drug-likeness (QED) is 0.645. The Morgan fingerprint density at radius 2 is 2.17 bits per heavy atom. The van der Waals surface area contributed by atoms with E-state index in [1.54, 1.807) is 0 Å². The Kier molecular flexibility index (Phi) is 6.23. The van der Waals surface area contributed by atoms with Gasteiger partial charge in [0.05, 0.1) is 6.07 Å². The Hall–Kier alpha value is -0.200. The Morgan fingerprint density at radius 1 is 1.50 bits per heavy atom. The van der Waals surface area contributed by atoms with Crippen LogP contribution in [0.4, 0.5) is 0 Å². The van der Waals surface area contributed by atoms with Crippen molar-refractivity contribution in [3.63, 3.8) is 0 Å². The number of unbranched alkanes of at least 4 members (excludes halogenated alkanes) is 1. The summed E-state index contributed by atoms with van der Waals surface area (Å²) in [5, 5.41) is 11.9. The van der Waals surface area contributed by atoms with Crippen molar-refractivity contribution in [3.05, 3.63) is 0 Å². The molecule has 0 radical (unpaired) electrons. The first kappa shape index (κ1) is 11.8. The summed E-state index contributed by atoms with van der Waals surface area (Å²) < 4.78 is 0. The van der Waals surface area contributed by atoms with E-state index in [9.17, 15) is 0 Å². The van der Waals surface area contributed by atoms with Crippen LogP contribution in [0.3, 0.4) is 0 Å². The Labute approximate surface area is 79.7 Å². The van der Waals surface area contributed by atoms with Crippen LogP contribution in [0.15, 0.2) is 0 Å². The highest BCUT2D eigenvalue weighted by Crippen LogP contribution is 2.13. The molecular formula is C9H18N2S. The number of nitrogens with one attached hydrogen (secondary N) is 1. The van der Waals surface area contributed by atoms with Crippen molar-refractivity contribution in [1.29, 1.82) is 5.26 Å². The van der Waals surface area contributed by atoms with E-state index in [2.05, 4.69) is 17.6 Å². The molecule has 0 aromatic rings. The third kappa shape index (κ3) is 4.63. The van der Waals surface area contributed by atoms with Crippen molar-refractivity contribution in [1.82, 2.24) is 5.32 Å². The van der Waals surface area contributed by atoms with Crippen molar-refractivity contribution in [2.75, 3.05) is 19.1 Å². The molecule has 12 heavy (non-hydrogen) atoms. The maximum Gasteiger partial charge on any atom is 0.103 e. The van der Waals surface area contributed by atoms with Crippen LogP contribution in [0, 0.1) is 11.3 Å². The van der Waals surface area contributed by atoms with Crippen LogP contribution in [0.25, 0.3) is 0 Å². The normalized spacial score (nSPS) is 15.2. The number of rotatable bonds is 6. The van der Waals surface area contributed by atoms with Gasteiger partial charge < -0.3 is 5.32 Å². The fourth-order valence-electron chi connectivity index (χ4n) is 0.962. The van der Waals surface area contributed by atoms with Crippen LogP contribution in [0.1, 0.15) is 26.2 Å². The predicted octanol–water partition coefficient (Wildman–Crippen LogP) is 2.02. The minimum atomic E-state index is -0.321. The topological polar surface area (TPSA) is 35.8 Å². The molecule has 1 unspecified atom stereocenters. The molecule has 2 nitrogen and oxygen atoms in total. The molecule has 0 saturated heterocycles. The summed E-state index contributed by atoms with van der Waals surface area (Å²) in [6, 6.07) is 2.29. The molecule has 0 fully saturated rings.